The van der Waals surface area contributed by atoms with E-state index in [4.69, 9.17) is 5.11 Å². The van der Waals surface area contributed by atoms with Crippen LogP contribution in [-0.2, 0) is 9.59 Å². The van der Waals surface area contributed by atoms with Crippen molar-refractivity contribution in [2.45, 2.75) is 58.8 Å². The second kappa shape index (κ2) is 6.76. The van der Waals surface area contributed by atoms with Gasteiger partial charge in [-0.1, -0.05) is 13.8 Å². The summed E-state index contributed by atoms with van der Waals surface area (Å²) in [6, 6.07) is 0. The van der Waals surface area contributed by atoms with E-state index >= 15 is 0 Å². The van der Waals surface area contributed by atoms with Gasteiger partial charge >= 0.3 is 5.97 Å². The van der Waals surface area contributed by atoms with E-state index in [9.17, 15) is 9.59 Å². The third-order valence-corrected chi connectivity index (χ3v) is 3.50. The molecule has 0 atom stereocenters. The molecule has 18 heavy (non-hydrogen) atoms. The number of nitrogens with one attached hydrogen (secondary N) is 1. The highest BCUT2D eigenvalue weighted by Gasteiger charge is 2.42. The molecule has 1 aliphatic carbocycles. The number of hydrogen-bond acceptors (Lipinski definition) is 2. The third-order valence-electron chi connectivity index (χ3n) is 3.50. The number of carboxylic acids is 1. The van der Waals surface area contributed by atoms with Gasteiger partial charge in [0, 0.05) is 19.4 Å². The highest BCUT2D eigenvalue weighted by Crippen LogP contribution is 2.49. The Kier molecular flexibility index (Phi) is 5.63. The SMILES string of the molecule is CC(C)CC1(CNC(=O)CCCCC(=O)O)CC1. The average Bonchev–Trinajstić information content (AvgIpc) is 3.01. The monoisotopic (exact) mass is 255 g/mol. The molecule has 1 fully saturated rings. The molecule has 4 nitrogen and oxygen atoms in total. The van der Waals surface area contributed by atoms with Gasteiger partial charge in [-0.15, -0.1) is 0 Å². The fourth-order valence-electron chi connectivity index (χ4n) is 2.43. The standard InChI is InChI=1S/C14H25NO3/c1-11(2)9-14(7-8-14)10-15-12(16)5-3-4-6-13(17)18/h11H,3-10H2,1-2H3,(H,15,16)(H,17,18). The van der Waals surface area contributed by atoms with Crippen LogP contribution in [0.3, 0.4) is 0 Å². The number of carbonyl (C=O) groups is 2. The molecule has 0 unspecified atom stereocenters. The summed E-state index contributed by atoms with van der Waals surface area (Å²) >= 11 is 0. The molecule has 1 amide bonds. The Bertz CT molecular complexity index is 295. The summed E-state index contributed by atoms with van der Waals surface area (Å²) in [5.41, 5.74) is 0.366. The lowest BCUT2D eigenvalue weighted by molar-refractivity contribution is -0.137. The molecule has 0 heterocycles. The predicted molar refractivity (Wildman–Crippen MR) is 70.2 cm³/mol. The quantitative estimate of drug-likeness (QED) is 0.622. The summed E-state index contributed by atoms with van der Waals surface area (Å²) in [6.07, 6.45) is 5.49. The summed E-state index contributed by atoms with van der Waals surface area (Å²) in [4.78, 5) is 21.9. The van der Waals surface area contributed by atoms with Crippen LogP contribution in [-0.4, -0.2) is 23.5 Å². The maximum absolute atomic E-state index is 11.6. The minimum absolute atomic E-state index is 0.0652. The van der Waals surface area contributed by atoms with Gasteiger partial charge in [-0.05, 0) is 43.4 Å². The van der Waals surface area contributed by atoms with Crippen molar-refractivity contribution in [1.82, 2.24) is 5.32 Å². The lowest BCUT2D eigenvalue weighted by Gasteiger charge is -2.18. The van der Waals surface area contributed by atoms with Gasteiger partial charge in [0.25, 0.3) is 0 Å². The summed E-state index contributed by atoms with van der Waals surface area (Å²) in [5, 5.41) is 11.5. The molecule has 0 aromatic carbocycles. The van der Waals surface area contributed by atoms with E-state index in [2.05, 4.69) is 19.2 Å². The van der Waals surface area contributed by atoms with E-state index in [1.165, 1.54) is 19.3 Å². The van der Waals surface area contributed by atoms with Crippen molar-refractivity contribution in [2.24, 2.45) is 11.3 Å². The van der Waals surface area contributed by atoms with Gasteiger partial charge in [0.15, 0.2) is 0 Å². The molecule has 0 saturated heterocycles. The van der Waals surface area contributed by atoms with Gasteiger partial charge in [0.1, 0.15) is 0 Å². The van der Waals surface area contributed by atoms with Gasteiger partial charge in [-0.2, -0.15) is 0 Å². The highest BCUT2D eigenvalue weighted by atomic mass is 16.4. The lowest BCUT2D eigenvalue weighted by Crippen LogP contribution is -2.30. The van der Waals surface area contributed by atoms with Gasteiger partial charge in [-0.25, -0.2) is 0 Å². The summed E-state index contributed by atoms with van der Waals surface area (Å²) in [7, 11) is 0. The van der Waals surface area contributed by atoms with Gasteiger partial charge in [0.05, 0.1) is 0 Å². The Labute approximate surface area is 109 Å². The number of aliphatic carboxylic acids is 1. The third kappa shape index (κ3) is 6.03. The van der Waals surface area contributed by atoms with E-state index in [1.54, 1.807) is 0 Å². The molecule has 1 saturated carbocycles. The normalized spacial score (nSPS) is 16.6. The zero-order chi connectivity index (χ0) is 13.6. The molecule has 104 valence electrons. The van der Waals surface area contributed by atoms with Crippen molar-refractivity contribution in [3.05, 3.63) is 0 Å². The number of rotatable bonds is 9. The molecule has 0 aromatic rings. The van der Waals surface area contributed by atoms with E-state index < -0.39 is 5.97 Å². The number of carboxylic acid groups (broad SMARTS) is 1. The Morgan fingerprint density at radius 2 is 1.83 bits per heavy atom. The second-order valence-electron chi connectivity index (χ2n) is 5.98. The summed E-state index contributed by atoms with van der Waals surface area (Å²) < 4.78 is 0. The van der Waals surface area contributed by atoms with Crippen molar-refractivity contribution in [2.75, 3.05) is 6.54 Å². The molecule has 0 spiro atoms. The van der Waals surface area contributed by atoms with Crippen molar-refractivity contribution in [3.63, 3.8) is 0 Å². The molecular formula is C14H25NO3. The Balaban J connectivity index is 2.08. The van der Waals surface area contributed by atoms with Crippen LogP contribution in [0.5, 0.6) is 0 Å². The highest BCUT2D eigenvalue weighted by molar-refractivity contribution is 5.76. The van der Waals surface area contributed by atoms with Crippen LogP contribution < -0.4 is 5.32 Å². The Morgan fingerprint density at radius 3 is 2.33 bits per heavy atom. The molecule has 1 rings (SSSR count). The van der Waals surface area contributed by atoms with Gasteiger partial charge in [-0.3, -0.25) is 9.59 Å². The molecule has 1 aliphatic rings. The lowest BCUT2D eigenvalue weighted by atomic mass is 9.94. The molecule has 0 bridgehead atoms. The summed E-state index contributed by atoms with van der Waals surface area (Å²) in [6.45, 7) is 5.23. The summed E-state index contributed by atoms with van der Waals surface area (Å²) in [5.74, 6) is -0.0420. The largest absolute Gasteiger partial charge is 0.481 e. The first kappa shape index (κ1) is 15.0. The van der Waals surface area contributed by atoms with Gasteiger partial charge < -0.3 is 10.4 Å². The molecule has 2 N–H and O–H groups in total. The first-order valence-electron chi connectivity index (χ1n) is 6.92. The molecule has 0 radical (unpaired) electrons. The maximum Gasteiger partial charge on any atom is 0.303 e. The van der Waals surface area contributed by atoms with Crippen LogP contribution in [0, 0.1) is 11.3 Å². The Morgan fingerprint density at radius 1 is 1.22 bits per heavy atom. The zero-order valence-electron chi connectivity index (χ0n) is 11.5. The van der Waals surface area contributed by atoms with Crippen LogP contribution in [0.25, 0.3) is 0 Å². The predicted octanol–water partition coefficient (Wildman–Crippen LogP) is 2.57. The first-order chi connectivity index (χ1) is 8.43. The van der Waals surface area contributed by atoms with Crippen LogP contribution in [0.1, 0.15) is 58.8 Å². The van der Waals surface area contributed by atoms with Crippen LogP contribution in [0.2, 0.25) is 0 Å². The van der Waals surface area contributed by atoms with Crippen LogP contribution >= 0.6 is 0 Å². The first-order valence-corrected chi connectivity index (χ1v) is 6.92. The van der Waals surface area contributed by atoms with Crippen molar-refractivity contribution in [1.29, 1.82) is 0 Å². The molecule has 0 aromatic heterocycles. The van der Waals surface area contributed by atoms with E-state index in [0.717, 1.165) is 6.54 Å². The van der Waals surface area contributed by atoms with E-state index in [-0.39, 0.29) is 12.3 Å². The molecular weight excluding hydrogens is 230 g/mol. The maximum atomic E-state index is 11.6. The minimum Gasteiger partial charge on any atom is -0.481 e. The van der Waals surface area contributed by atoms with Crippen LogP contribution in [0.15, 0.2) is 0 Å². The van der Waals surface area contributed by atoms with Crippen molar-refractivity contribution >= 4 is 11.9 Å². The van der Waals surface area contributed by atoms with E-state index in [1.807, 2.05) is 0 Å². The topological polar surface area (TPSA) is 66.4 Å². The zero-order valence-corrected chi connectivity index (χ0v) is 11.5. The number of hydrogen-bond donors (Lipinski definition) is 2. The fraction of sp³-hybridized carbons (Fsp3) is 0.857. The minimum atomic E-state index is -0.788. The van der Waals surface area contributed by atoms with Gasteiger partial charge in [0.2, 0.25) is 5.91 Å². The van der Waals surface area contributed by atoms with Crippen molar-refractivity contribution < 1.29 is 14.7 Å². The number of amides is 1. The van der Waals surface area contributed by atoms with Crippen molar-refractivity contribution in [3.8, 4) is 0 Å². The van der Waals surface area contributed by atoms with Crippen LogP contribution in [0.4, 0.5) is 0 Å². The molecule has 0 aliphatic heterocycles. The average molecular weight is 255 g/mol. The smallest absolute Gasteiger partial charge is 0.303 e. The molecule has 4 heteroatoms. The second-order valence-corrected chi connectivity index (χ2v) is 5.98. The van der Waals surface area contributed by atoms with E-state index in [0.29, 0.717) is 30.6 Å². The Hall–Kier alpha value is -1.06. The number of carbonyl (C=O) groups excluding carboxylic acids is 1. The number of unbranched alkanes of at least 4 members (excludes halogenated alkanes) is 1. The fourth-order valence-corrected chi connectivity index (χ4v) is 2.43.